The van der Waals surface area contributed by atoms with Crippen LogP contribution in [0, 0.1) is 0 Å². The van der Waals surface area contributed by atoms with Crippen LogP contribution in [0.2, 0.25) is 0 Å². The second-order valence-corrected chi connectivity index (χ2v) is 4.76. The average Bonchev–Trinajstić information content (AvgIpc) is 2.60. The van der Waals surface area contributed by atoms with E-state index in [1.54, 1.807) is 0 Å². The van der Waals surface area contributed by atoms with E-state index in [1.807, 2.05) is 0 Å². The molecule has 1 aliphatic rings. The van der Waals surface area contributed by atoms with Crippen molar-refractivity contribution in [1.29, 1.82) is 0 Å². The second-order valence-electron chi connectivity index (χ2n) is 4.76. The second kappa shape index (κ2) is 7.66. The SMILES string of the molecule is CCCCCC1NC(=O)CN1CCCCC. The first-order chi connectivity index (χ1) is 7.77. The van der Waals surface area contributed by atoms with Gasteiger partial charge in [0.1, 0.15) is 0 Å². The van der Waals surface area contributed by atoms with Crippen molar-refractivity contribution in [2.24, 2.45) is 0 Å². The lowest BCUT2D eigenvalue weighted by molar-refractivity contribution is -0.118. The van der Waals surface area contributed by atoms with Gasteiger partial charge in [-0.25, -0.2) is 0 Å². The average molecular weight is 226 g/mol. The Labute approximate surface area is 99.6 Å². The van der Waals surface area contributed by atoms with Gasteiger partial charge in [-0.3, -0.25) is 9.69 Å². The first kappa shape index (κ1) is 13.5. The van der Waals surface area contributed by atoms with Crippen molar-refractivity contribution in [3.8, 4) is 0 Å². The van der Waals surface area contributed by atoms with Gasteiger partial charge in [0.15, 0.2) is 0 Å². The highest BCUT2D eigenvalue weighted by Crippen LogP contribution is 2.13. The van der Waals surface area contributed by atoms with E-state index >= 15 is 0 Å². The van der Waals surface area contributed by atoms with E-state index in [2.05, 4.69) is 24.1 Å². The summed E-state index contributed by atoms with van der Waals surface area (Å²) >= 11 is 0. The molecule has 0 aromatic heterocycles. The Morgan fingerprint density at radius 1 is 1.19 bits per heavy atom. The van der Waals surface area contributed by atoms with Crippen LogP contribution in [0.25, 0.3) is 0 Å². The van der Waals surface area contributed by atoms with E-state index in [0.29, 0.717) is 12.7 Å². The summed E-state index contributed by atoms with van der Waals surface area (Å²) in [4.78, 5) is 13.7. The zero-order valence-electron chi connectivity index (χ0n) is 10.8. The number of amides is 1. The fourth-order valence-electron chi connectivity index (χ4n) is 2.26. The zero-order chi connectivity index (χ0) is 11.8. The van der Waals surface area contributed by atoms with Crippen LogP contribution in [0.3, 0.4) is 0 Å². The smallest absolute Gasteiger partial charge is 0.235 e. The van der Waals surface area contributed by atoms with Gasteiger partial charge in [-0.05, 0) is 12.8 Å². The number of nitrogens with zero attached hydrogens (tertiary/aromatic N) is 1. The third-order valence-electron chi connectivity index (χ3n) is 3.25. The number of rotatable bonds is 8. The molecule has 0 saturated carbocycles. The summed E-state index contributed by atoms with van der Waals surface area (Å²) in [5.41, 5.74) is 0. The van der Waals surface area contributed by atoms with Gasteiger partial charge in [-0.1, -0.05) is 46.0 Å². The van der Waals surface area contributed by atoms with Crippen LogP contribution in [0.15, 0.2) is 0 Å². The van der Waals surface area contributed by atoms with Crippen molar-refractivity contribution in [2.75, 3.05) is 13.1 Å². The lowest BCUT2D eigenvalue weighted by atomic mass is 10.1. The maximum atomic E-state index is 11.4. The summed E-state index contributed by atoms with van der Waals surface area (Å²) in [7, 11) is 0. The molecule has 1 amide bonds. The summed E-state index contributed by atoms with van der Waals surface area (Å²) in [6.07, 6.45) is 8.91. The van der Waals surface area contributed by atoms with E-state index < -0.39 is 0 Å². The van der Waals surface area contributed by atoms with E-state index in [9.17, 15) is 4.79 Å². The predicted octanol–water partition coefficient (Wildman–Crippen LogP) is 2.51. The molecule has 0 radical (unpaired) electrons. The number of nitrogens with one attached hydrogen (secondary N) is 1. The molecule has 1 aliphatic heterocycles. The summed E-state index contributed by atoms with van der Waals surface area (Å²) in [5, 5.41) is 3.08. The molecule has 0 spiro atoms. The van der Waals surface area contributed by atoms with Crippen molar-refractivity contribution in [2.45, 2.75) is 65.0 Å². The van der Waals surface area contributed by atoms with Crippen molar-refractivity contribution in [1.82, 2.24) is 10.2 Å². The number of carbonyl (C=O) groups excluding carboxylic acids is 1. The highest BCUT2D eigenvalue weighted by Gasteiger charge is 2.28. The standard InChI is InChI=1S/C13H26N2O/c1-3-5-7-9-12-14-13(16)11-15(12)10-8-6-4-2/h12H,3-11H2,1-2H3,(H,14,16). The number of hydrogen-bond donors (Lipinski definition) is 1. The fourth-order valence-corrected chi connectivity index (χ4v) is 2.26. The maximum Gasteiger partial charge on any atom is 0.235 e. The monoisotopic (exact) mass is 226 g/mol. The largest absolute Gasteiger partial charge is 0.339 e. The molecule has 1 saturated heterocycles. The molecule has 1 atom stereocenters. The third-order valence-corrected chi connectivity index (χ3v) is 3.25. The summed E-state index contributed by atoms with van der Waals surface area (Å²) in [6.45, 7) is 6.11. The zero-order valence-corrected chi connectivity index (χ0v) is 10.8. The Kier molecular flexibility index (Phi) is 6.46. The molecule has 0 aromatic carbocycles. The van der Waals surface area contributed by atoms with Gasteiger partial charge in [0.05, 0.1) is 12.7 Å². The molecule has 0 aliphatic carbocycles. The Bertz CT molecular complexity index is 186. The van der Waals surface area contributed by atoms with Gasteiger partial charge in [-0.2, -0.15) is 0 Å². The van der Waals surface area contributed by atoms with E-state index in [1.165, 1.54) is 38.5 Å². The molecular formula is C13H26N2O. The Morgan fingerprint density at radius 2 is 1.88 bits per heavy atom. The first-order valence-electron chi connectivity index (χ1n) is 6.81. The molecule has 16 heavy (non-hydrogen) atoms. The minimum Gasteiger partial charge on any atom is -0.339 e. The topological polar surface area (TPSA) is 32.3 Å². The lowest BCUT2D eigenvalue weighted by Gasteiger charge is -2.22. The fraction of sp³-hybridized carbons (Fsp3) is 0.923. The van der Waals surface area contributed by atoms with Gasteiger partial charge in [0.25, 0.3) is 0 Å². The molecule has 3 nitrogen and oxygen atoms in total. The van der Waals surface area contributed by atoms with Crippen LogP contribution in [0.4, 0.5) is 0 Å². The third kappa shape index (κ3) is 4.52. The highest BCUT2D eigenvalue weighted by atomic mass is 16.2. The molecule has 94 valence electrons. The van der Waals surface area contributed by atoms with Gasteiger partial charge < -0.3 is 5.32 Å². The number of unbranched alkanes of at least 4 members (excludes halogenated alkanes) is 4. The Hall–Kier alpha value is -0.570. The van der Waals surface area contributed by atoms with Crippen molar-refractivity contribution >= 4 is 5.91 Å². The normalized spacial score (nSPS) is 21.4. The van der Waals surface area contributed by atoms with Crippen molar-refractivity contribution in [3.05, 3.63) is 0 Å². The Morgan fingerprint density at radius 3 is 2.56 bits per heavy atom. The van der Waals surface area contributed by atoms with Crippen LogP contribution in [-0.2, 0) is 4.79 Å². The quantitative estimate of drug-likeness (QED) is 0.645. The van der Waals surface area contributed by atoms with Crippen LogP contribution in [0.5, 0.6) is 0 Å². The van der Waals surface area contributed by atoms with Gasteiger partial charge in [0.2, 0.25) is 5.91 Å². The number of carbonyl (C=O) groups is 1. The minimum atomic E-state index is 0.206. The molecule has 0 bridgehead atoms. The van der Waals surface area contributed by atoms with Gasteiger partial charge in [0, 0.05) is 6.54 Å². The summed E-state index contributed by atoms with van der Waals surface area (Å²) < 4.78 is 0. The van der Waals surface area contributed by atoms with Crippen molar-refractivity contribution < 1.29 is 4.79 Å². The maximum absolute atomic E-state index is 11.4. The molecule has 1 rings (SSSR count). The van der Waals surface area contributed by atoms with Crippen LogP contribution >= 0.6 is 0 Å². The lowest BCUT2D eigenvalue weighted by Crippen LogP contribution is -2.36. The van der Waals surface area contributed by atoms with E-state index in [4.69, 9.17) is 0 Å². The molecular weight excluding hydrogens is 200 g/mol. The molecule has 0 aromatic rings. The van der Waals surface area contributed by atoms with E-state index in [0.717, 1.165) is 13.0 Å². The minimum absolute atomic E-state index is 0.206. The van der Waals surface area contributed by atoms with Crippen LogP contribution < -0.4 is 5.32 Å². The summed E-state index contributed by atoms with van der Waals surface area (Å²) in [5.74, 6) is 0.206. The summed E-state index contributed by atoms with van der Waals surface area (Å²) in [6, 6.07) is 0. The molecule has 1 heterocycles. The molecule has 1 unspecified atom stereocenters. The van der Waals surface area contributed by atoms with Gasteiger partial charge >= 0.3 is 0 Å². The van der Waals surface area contributed by atoms with Crippen molar-refractivity contribution in [3.63, 3.8) is 0 Å². The van der Waals surface area contributed by atoms with E-state index in [-0.39, 0.29) is 5.91 Å². The first-order valence-corrected chi connectivity index (χ1v) is 6.81. The molecule has 3 heteroatoms. The van der Waals surface area contributed by atoms with Crippen LogP contribution in [0.1, 0.15) is 58.8 Å². The molecule has 1 fully saturated rings. The van der Waals surface area contributed by atoms with Crippen LogP contribution in [-0.4, -0.2) is 30.1 Å². The van der Waals surface area contributed by atoms with Gasteiger partial charge in [-0.15, -0.1) is 0 Å². The predicted molar refractivity (Wildman–Crippen MR) is 67.2 cm³/mol. The highest BCUT2D eigenvalue weighted by molar-refractivity contribution is 5.80. The molecule has 1 N–H and O–H groups in total. The Balaban J connectivity index is 2.25. The number of hydrogen-bond acceptors (Lipinski definition) is 2.